The van der Waals surface area contributed by atoms with Gasteiger partial charge in [0.1, 0.15) is 0 Å². The van der Waals surface area contributed by atoms with Crippen molar-refractivity contribution in [2.24, 2.45) is 0 Å². The summed E-state index contributed by atoms with van der Waals surface area (Å²) >= 11 is 0. The molecule has 2 N–H and O–H groups in total. The molecule has 0 rings (SSSR count). The Morgan fingerprint density at radius 1 is 0.742 bits per heavy atom. The lowest BCUT2D eigenvalue weighted by atomic mass is 10.1. The van der Waals surface area contributed by atoms with Gasteiger partial charge in [-0.15, -0.1) is 0 Å². The van der Waals surface area contributed by atoms with Crippen LogP contribution >= 0.6 is 0 Å². The van der Waals surface area contributed by atoms with Crippen molar-refractivity contribution in [3.05, 3.63) is 0 Å². The van der Waals surface area contributed by atoms with Crippen LogP contribution in [0.15, 0.2) is 0 Å². The number of methoxy groups -OCH3 is 3. The van der Waals surface area contributed by atoms with Crippen molar-refractivity contribution >= 4 is 23.9 Å². The van der Waals surface area contributed by atoms with Crippen LogP contribution in [-0.2, 0) is 42.8 Å². The molecule has 0 saturated heterocycles. The summed E-state index contributed by atoms with van der Waals surface area (Å²) in [6, 6.07) is -0.508. The van der Waals surface area contributed by atoms with E-state index in [-0.39, 0.29) is 58.7 Å². The van der Waals surface area contributed by atoms with Crippen molar-refractivity contribution in [1.82, 2.24) is 10.6 Å². The number of carbonyl (C=O) groups excluding carboxylic acids is 4. The third kappa shape index (κ3) is 14.2. The van der Waals surface area contributed by atoms with Crippen molar-refractivity contribution in [2.45, 2.75) is 38.3 Å². The van der Waals surface area contributed by atoms with Gasteiger partial charge in [-0.3, -0.25) is 14.4 Å². The fourth-order valence-corrected chi connectivity index (χ4v) is 2.26. The Labute approximate surface area is 182 Å². The van der Waals surface area contributed by atoms with Gasteiger partial charge in [0, 0.05) is 13.0 Å². The van der Waals surface area contributed by atoms with Crippen LogP contribution in [0.25, 0.3) is 0 Å². The molecule has 0 aliphatic heterocycles. The molecule has 0 heterocycles. The Balaban J connectivity index is 5.09. The summed E-state index contributed by atoms with van der Waals surface area (Å²) in [5, 5.41) is 5.30. The highest BCUT2D eigenvalue weighted by Gasteiger charge is 2.34. The second-order valence-electron chi connectivity index (χ2n) is 6.22. The predicted octanol–water partition coefficient (Wildman–Crippen LogP) is 0.131. The smallest absolute Gasteiger partial charge is 0.317 e. The number of urea groups is 1. The van der Waals surface area contributed by atoms with Gasteiger partial charge < -0.3 is 39.1 Å². The first kappa shape index (κ1) is 28.6. The molecular weight excluding hydrogens is 416 g/mol. The lowest BCUT2D eigenvalue weighted by Gasteiger charge is -2.34. The highest BCUT2D eigenvalue weighted by atomic mass is 16.6. The number of carbonyl (C=O) groups is 4. The van der Waals surface area contributed by atoms with E-state index in [0.29, 0.717) is 6.54 Å². The average Bonchev–Trinajstić information content (AvgIpc) is 2.75. The van der Waals surface area contributed by atoms with Crippen LogP contribution < -0.4 is 10.6 Å². The molecule has 31 heavy (non-hydrogen) atoms. The monoisotopic (exact) mass is 450 g/mol. The number of ether oxygens (including phenoxy) is 6. The molecule has 0 saturated carbocycles. The summed E-state index contributed by atoms with van der Waals surface area (Å²) in [7, 11) is 3.81. The van der Waals surface area contributed by atoms with Crippen molar-refractivity contribution in [2.75, 3.05) is 60.9 Å². The molecule has 0 aliphatic carbocycles. The zero-order chi connectivity index (χ0) is 23.5. The van der Waals surface area contributed by atoms with E-state index >= 15 is 0 Å². The van der Waals surface area contributed by atoms with E-state index in [1.165, 1.54) is 21.3 Å². The minimum absolute atomic E-state index is 0.0194. The molecule has 180 valence electrons. The summed E-state index contributed by atoms with van der Waals surface area (Å²) in [5.41, 5.74) is -1.35. The summed E-state index contributed by atoms with van der Waals surface area (Å²) < 4.78 is 30.5. The van der Waals surface area contributed by atoms with E-state index in [1.54, 1.807) is 6.92 Å². The Kier molecular flexibility index (Phi) is 15.9. The maximum Gasteiger partial charge on any atom is 0.317 e. The van der Waals surface area contributed by atoms with Crippen molar-refractivity contribution in [3.8, 4) is 0 Å². The molecule has 0 aliphatic rings. The molecule has 1 atom stereocenters. The van der Waals surface area contributed by atoms with Crippen LogP contribution in [0.2, 0.25) is 0 Å². The molecule has 0 radical (unpaired) electrons. The second kappa shape index (κ2) is 17.3. The molecule has 0 aromatic carbocycles. The van der Waals surface area contributed by atoms with Gasteiger partial charge in [0.2, 0.25) is 0 Å². The van der Waals surface area contributed by atoms with E-state index in [2.05, 4.69) is 24.8 Å². The van der Waals surface area contributed by atoms with Crippen molar-refractivity contribution in [1.29, 1.82) is 0 Å². The predicted molar refractivity (Wildman–Crippen MR) is 107 cm³/mol. The lowest BCUT2D eigenvalue weighted by molar-refractivity contribution is -0.152. The molecule has 0 fully saturated rings. The fourth-order valence-electron chi connectivity index (χ4n) is 2.26. The average molecular weight is 450 g/mol. The SMILES string of the molecule is CCNC(=O)NC(CCOCCC(=O)OC)(COCCC(=O)OC)OCCC(=O)OC. The number of amides is 2. The summed E-state index contributed by atoms with van der Waals surface area (Å²) in [5.74, 6) is -1.33. The van der Waals surface area contributed by atoms with Crippen molar-refractivity contribution in [3.63, 3.8) is 0 Å². The van der Waals surface area contributed by atoms with Gasteiger partial charge in [-0.1, -0.05) is 0 Å². The van der Waals surface area contributed by atoms with Gasteiger partial charge in [0.15, 0.2) is 5.72 Å². The van der Waals surface area contributed by atoms with Gasteiger partial charge in [-0.2, -0.15) is 0 Å². The van der Waals surface area contributed by atoms with E-state index in [1.807, 2.05) is 0 Å². The topological polar surface area (TPSA) is 148 Å². The second-order valence-corrected chi connectivity index (χ2v) is 6.22. The molecule has 2 amide bonds. The first-order valence-corrected chi connectivity index (χ1v) is 9.88. The minimum atomic E-state index is -1.35. The minimum Gasteiger partial charge on any atom is -0.469 e. The maximum absolute atomic E-state index is 12.2. The number of esters is 3. The first-order valence-electron chi connectivity index (χ1n) is 9.88. The van der Waals surface area contributed by atoms with E-state index < -0.39 is 29.7 Å². The van der Waals surface area contributed by atoms with Crippen LogP contribution in [0, 0.1) is 0 Å². The Hall–Kier alpha value is -2.44. The van der Waals surface area contributed by atoms with Gasteiger partial charge in [-0.25, -0.2) is 4.79 Å². The summed E-state index contributed by atoms with van der Waals surface area (Å²) in [6.07, 6.45) is 0.197. The zero-order valence-electron chi connectivity index (χ0n) is 18.7. The highest BCUT2D eigenvalue weighted by molar-refractivity contribution is 5.74. The largest absolute Gasteiger partial charge is 0.469 e. The maximum atomic E-state index is 12.2. The number of hydrogen-bond donors (Lipinski definition) is 2. The number of nitrogens with one attached hydrogen (secondary N) is 2. The molecule has 12 heteroatoms. The fraction of sp³-hybridized carbons (Fsp3) is 0.789. The number of hydrogen-bond acceptors (Lipinski definition) is 10. The Morgan fingerprint density at radius 2 is 1.26 bits per heavy atom. The molecule has 0 bridgehead atoms. The summed E-state index contributed by atoms with van der Waals surface area (Å²) in [4.78, 5) is 46.1. The van der Waals surface area contributed by atoms with Gasteiger partial charge in [0.05, 0.1) is 73.6 Å². The summed E-state index contributed by atoms with van der Waals surface area (Å²) in [6.45, 7) is 2.22. The van der Waals surface area contributed by atoms with E-state index in [4.69, 9.17) is 14.2 Å². The molecule has 0 spiro atoms. The Bertz CT molecular complexity index is 558. The molecular formula is C19H34N2O10. The molecule has 0 aromatic rings. The third-order valence-corrected chi connectivity index (χ3v) is 3.93. The zero-order valence-corrected chi connectivity index (χ0v) is 18.7. The van der Waals surface area contributed by atoms with Crippen LogP contribution in [0.1, 0.15) is 32.6 Å². The standard InChI is InChI=1S/C19H34N2O10/c1-5-20-18(25)21-19(31-12-8-17(24)28-4,14-30-11-7-16(23)27-3)9-13-29-10-6-15(22)26-2/h5-14H2,1-4H3,(H2,20,21,25). The molecule has 1 unspecified atom stereocenters. The quantitative estimate of drug-likeness (QED) is 0.136. The van der Waals surface area contributed by atoms with Gasteiger partial charge >= 0.3 is 23.9 Å². The Morgan fingerprint density at radius 3 is 1.77 bits per heavy atom. The number of rotatable bonds is 17. The van der Waals surface area contributed by atoms with Gasteiger partial charge in [-0.05, 0) is 6.92 Å². The van der Waals surface area contributed by atoms with E-state index in [0.717, 1.165) is 0 Å². The van der Waals surface area contributed by atoms with Crippen molar-refractivity contribution < 1.29 is 47.6 Å². The third-order valence-electron chi connectivity index (χ3n) is 3.93. The lowest BCUT2D eigenvalue weighted by Crippen LogP contribution is -2.57. The van der Waals surface area contributed by atoms with Crippen LogP contribution in [0.4, 0.5) is 4.79 Å². The van der Waals surface area contributed by atoms with Crippen LogP contribution in [-0.4, -0.2) is 90.6 Å². The first-order chi connectivity index (χ1) is 14.8. The van der Waals surface area contributed by atoms with E-state index in [9.17, 15) is 19.2 Å². The highest BCUT2D eigenvalue weighted by Crippen LogP contribution is 2.16. The normalized spacial score (nSPS) is 12.4. The van der Waals surface area contributed by atoms with Crippen LogP contribution in [0.5, 0.6) is 0 Å². The molecule has 12 nitrogen and oxygen atoms in total. The van der Waals surface area contributed by atoms with Crippen LogP contribution in [0.3, 0.4) is 0 Å². The van der Waals surface area contributed by atoms with Gasteiger partial charge in [0.25, 0.3) is 0 Å². The molecule has 0 aromatic heterocycles.